The van der Waals surface area contributed by atoms with Gasteiger partial charge in [0, 0.05) is 43.7 Å². The lowest BCUT2D eigenvalue weighted by Crippen LogP contribution is -2.68. The van der Waals surface area contributed by atoms with Crippen LogP contribution in [0.25, 0.3) is 22.3 Å². The molecular weight excluding hydrogens is 732 g/mol. The predicted octanol–water partition coefficient (Wildman–Crippen LogP) is 9.80. The Morgan fingerprint density at radius 2 is 0.966 bits per heavy atom. The molecule has 4 heterocycles. The van der Waals surface area contributed by atoms with E-state index in [-0.39, 0.29) is 19.0 Å². The zero-order valence-corrected chi connectivity index (χ0v) is 32.7. The maximum Gasteiger partial charge on any atom is 0.252 e. The number of anilines is 6. The van der Waals surface area contributed by atoms with Crippen molar-refractivity contribution in [3.63, 3.8) is 0 Å². The van der Waals surface area contributed by atoms with Crippen molar-refractivity contribution < 1.29 is 8.78 Å². The van der Waals surface area contributed by atoms with Gasteiger partial charge in [0.25, 0.3) is 6.71 Å². The lowest BCUT2D eigenvalue weighted by atomic mass is 9.29. The highest BCUT2D eigenvalue weighted by Crippen LogP contribution is 2.54. The molecule has 4 aliphatic heterocycles. The van der Waals surface area contributed by atoms with E-state index in [0.717, 1.165) is 76.9 Å². The highest BCUT2D eigenvalue weighted by Gasteiger charge is 2.52. The lowest BCUT2D eigenvalue weighted by Gasteiger charge is -2.50. The molecule has 0 fully saturated rings. The predicted molar refractivity (Wildman–Crippen MR) is 241 cm³/mol. The Labute approximate surface area is 342 Å². The molecule has 0 aromatic heterocycles. The van der Waals surface area contributed by atoms with Crippen LogP contribution in [0.15, 0.2) is 174 Å². The van der Waals surface area contributed by atoms with Crippen LogP contribution < -0.4 is 42.6 Å². The largest absolute Gasteiger partial charge is 0.312 e. The summed E-state index contributed by atoms with van der Waals surface area (Å²) in [6.07, 6.45) is 0. The Bertz CT molecular complexity index is 3000. The van der Waals surface area contributed by atoms with Crippen molar-refractivity contribution in [2.45, 2.75) is 29.6 Å². The van der Waals surface area contributed by atoms with Gasteiger partial charge in [0.2, 0.25) is 6.71 Å². The summed E-state index contributed by atoms with van der Waals surface area (Å²) in [5.41, 5.74) is 17.0. The average molecular weight is 767 g/mol. The van der Waals surface area contributed by atoms with E-state index < -0.39 is 11.6 Å². The number of rotatable bonds is 4. The van der Waals surface area contributed by atoms with Crippen LogP contribution in [0.1, 0.15) is 25.3 Å². The van der Waals surface area contributed by atoms with Crippen molar-refractivity contribution in [1.82, 2.24) is 0 Å². The van der Waals surface area contributed by atoms with Crippen LogP contribution in [0.5, 0.6) is 0 Å². The van der Waals surface area contributed by atoms with Crippen LogP contribution in [0, 0.1) is 11.6 Å². The van der Waals surface area contributed by atoms with E-state index in [1.54, 1.807) is 11.8 Å². The van der Waals surface area contributed by atoms with Gasteiger partial charge in [0.15, 0.2) is 0 Å². The first-order chi connectivity index (χ1) is 28.5. The zero-order valence-electron chi connectivity index (χ0n) is 31.9. The van der Waals surface area contributed by atoms with Gasteiger partial charge in [0.1, 0.15) is 11.6 Å². The number of benzene rings is 8. The third kappa shape index (κ3) is 4.56. The molecule has 12 rings (SSSR count). The molecule has 7 heteroatoms. The minimum absolute atomic E-state index is 0.00310. The average Bonchev–Trinajstić information content (AvgIpc) is 3.26. The summed E-state index contributed by atoms with van der Waals surface area (Å²) in [4.78, 5) is 6.76. The van der Waals surface area contributed by atoms with E-state index in [0.29, 0.717) is 11.5 Å². The Hall–Kier alpha value is -6.30. The molecule has 0 saturated carbocycles. The van der Waals surface area contributed by atoms with Crippen LogP contribution in [-0.2, 0) is 0 Å². The van der Waals surface area contributed by atoms with Crippen molar-refractivity contribution >= 4 is 92.1 Å². The molecule has 274 valence electrons. The fraction of sp³-hybridized carbons (Fsp3) is 0.0588. The zero-order chi connectivity index (χ0) is 38.8. The summed E-state index contributed by atoms with van der Waals surface area (Å²) in [7, 11) is 0. The maximum atomic E-state index is 16.9. The van der Waals surface area contributed by atoms with Gasteiger partial charge >= 0.3 is 0 Å². The van der Waals surface area contributed by atoms with E-state index in [1.165, 1.54) is 34.7 Å². The van der Waals surface area contributed by atoms with Crippen molar-refractivity contribution in [2.24, 2.45) is 0 Å². The number of nitrogens with zero attached hydrogens (tertiary/aromatic N) is 2. The van der Waals surface area contributed by atoms with E-state index in [4.69, 9.17) is 0 Å². The SMILES string of the molecule is CC(C)c1ccc(-c2ccccc2N2c3ccccc3B3c4ccccc4N4c5ccccc5B5c6ccccc6Sc6c5c4c3c2c6-c2c(F)cccc2F)cc1. The number of fused-ring (bicyclic) bond motifs is 10. The monoisotopic (exact) mass is 766 g/mol. The second-order valence-corrected chi connectivity index (χ2v) is 17.0. The second kappa shape index (κ2) is 12.6. The molecule has 0 radical (unpaired) electrons. The van der Waals surface area contributed by atoms with Crippen molar-refractivity contribution in [3.8, 4) is 22.3 Å². The third-order valence-electron chi connectivity index (χ3n) is 12.7. The molecule has 0 amide bonds. The van der Waals surface area contributed by atoms with Crippen LogP contribution in [-0.4, -0.2) is 13.4 Å². The maximum absolute atomic E-state index is 16.9. The van der Waals surface area contributed by atoms with Crippen LogP contribution in [0.4, 0.5) is 42.9 Å². The molecule has 0 spiro atoms. The fourth-order valence-electron chi connectivity index (χ4n) is 10.2. The third-order valence-corrected chi connectivity index (χ3v) is 13.9. The Morgan fingerprint density at radius 1 is 0.466 bits per heavy atom. The van der Waals surface area contributed by atoms with Crippen molar-refractivity contribution in [1.29, 1.82) is 0 Å². The Balaban J connectivity index is 1.29. The van der Waals surface area contributed by atoms with Crippen LogP contribution >= 0.6 is 11.8 Å². The van der Waals surface area contributed by atoms with Gasteiger partial charge in [0.05, 0.1) is 16.9 Å². The van der Waals surface area contributed by atoms with Crippen molar-refractivity contribution in [2.75, 3.05) is 9.80 Å². The van der Waals surface area contributed by atoms with Crippen LogP contribution in [0.2, 0.25) is 0 Å². The number of halogens is 2. The van der Waals surface area contributed by atoms with Crippen molar-refractivity contribution in [3.05, 3.63) is 181 Å². The molecule has 58 heavy (non-hydrogen) atoms. The van der Waals surface area contributed by atoms with E-state index in [1.807, 2.05) is 0 Å². The number of hydrogen-bond acceptors (Lipinski definition) is 3. The van der Waals surface area contributed by atoms with Gasteiger partial charge in [-0.3, -0.25) is 0 Å². The fourth-order valence-corrected chi connectivity index (χ4v) is 11.5. The highest BCUT2D eigenvalue weighted by molar-refractivity contribution is 8.00. The van der Waals surface area contributed by atoms with Gasteiger partial charge in [-0.15, -0.1) is 0 Å². The van der Waals surface area contributed by atoms with E-state index >= 15 is 8.78 Å². The highest BCUT2D eigenvalue weighted by atomic mass is 32.2. The Morgan fingerprint density at radius 3 is 1.57 bits per heavy atom. The minimum atomic E-state index is -0.576. The lowest BCUT2D eigenvalue weighted by molar-refractivity contribution is 0.589. The molecule has 2 nitrogen and oxygen atoms in total. The van der Waals surface area contributed by atoms with Gasteiger partial charge in [-0.1, -0.05) is 152 Å². The summed E-state index contributed by atoms with van der Waals surface area (Å²) in [5, 5.41) is 0. The molecular formula is C51H34B2F2N2S. The number of hydrogen-bond donors (Lipinski definition) is 0. The van der Waals surface area contributed by atoms with E-state index in [9.17, 15) is 0 Å². The molecule has 8 aromatic rings. The summed E-state index contributed by atoms with van der Waals surface area (Å²) in [6.45, 7) is 4.08. The van der Waals surface area contributed by atoms with Gasteiger partial charge in [-0.05, 0) is 86.8 Å². The first kappa shape index (κ1) is 33.8. The molecule has 8 aromatic carbocycles. The molecule has 0 unspecified atom stereocenters. The van der Waals surface area contributed by atoms with Gasteiger partial charge in [-0.2, -0.15) is 0 Å². The standard InChI is InChI=1S/C51H34B2F2N2S/c1-30(2)31-26-28-32(29-27-31)33-14-3-8-21-40(33)56-41-22-9-4-15-34(41)52-35-16-5-10-23-42(35)57-43-24-11-6-17-36(43)53-37-18-7-12-25-44(37)58-51-46(45-38(54)19-13-20-39(45)55)49(56)47(52)50(57)48(51)53/h3-30H,1-2H3. The summed E-state index contributed by atoms with van der Waals surface area (Å²) in [5.74, 6) is -0.753. The van der Waals surface area contributed by atoms with Gasteiger partial charge < -0.3 is 9.80 Å². The molecule has 0 atom stereocenters. The normalized spacial score (nSPS) is 13.8. The van der Waals surface area contributed by atoms with E-state index in [2.05, 4.69) is 169 Å². The molecule has 0 aliphatic carbocycles. The summed E-state index contributed by atoms with van der Waals surface area (Å²) in [6, 6.07) is 56.3. The molecule has 0 N–H and O–H groups in total. The minimum Gasteiger partial charge on any atom is -0.312 e. The molecule has 0 bridgehead atoms. The first-order valence-electron chi connectivity index (χ1n) is 20.0. The Kier molecular flexibility index (Phi) is 7.34. The smallest absolute Gasteiger partial charge is 0.252 e. The number of para-hydroxylation sites is 4. The quantitative estimate of drug-likeness (QED) is 0.165. The first-order valence-corrected chi connectivity index (χ1v) is 20.8. The topological polar surface area (TPSA) is 6.48 Å². The van der Waals surface area contributed by atoms with Gasteiger partial charge in [-0.25, -0.2) is 8.78 Å². The second-order valence-electron chi connectivity index (χ2n) is 16.0. The summed E-state index contributed by atoms with van der Waals surface area (Å²) < 4.78 is 33.9. The van der Waals surface area contributed by atoms with Crippen LogP contribution in [0.3, 0.4) is 0 Å². The molecule has 0 saturated heterocycles. The molecule has 4 aliphatic rings. The summed E-state index contributed by atoms with van der Waals surface area (Å²) >= 11 is 1.64.